The maximum Gasteiger partial charge on any atom is 0.340 e. The SMILES string of the molecule is CCOC(=O)c1cc(CN2CC(=O)NS2(=O)=O)ccc1N. The lowest BCUT2D eigenvalue weighted by Crippen LogP contribution is -2.29. The number of rotatable bonds is 4. The molecule has 0 spiro atoms. The molecule has 0 saturated carbocycles. The zero-order valence-electron chi connectivity index (χ0n) is 11.3. The summed E-state index contributed by atoms with van der Waals surface area (Å²) >= 11 is 0. The Morgan fingerprint density at radius 3 is 2.76 bits per heavy atom. The minimum Gasteiger partial charge on any atom is -0.462 e. The number of benzene rings is 1. The van der Waals surface area contributed by atoms with Crippen LogP contribution in [0.5, 0.6) is 0 Å². The highest BCUT2D eigenvalue weighted by Crippen LogP contribution is 2.19. The molecule has 1 heterocycles. The van der Waals surface area contributed by atoms with Gasteiger partial charge in [0.05, 0.1) is 18.7 Å². The highest BCUT2D eigenvalue weighted by Gasteiger charge is 2.33. The van der Waals surface area contributed by atoms with Crippen LogP contribution in [-0.2, 0) is 26.3 Å². The smallest absolute Gasteiger partial charge is 0.340 e. The number of nitrogen functional groups attached to an aromatic ring is 1. The van der Waals surface area contributed by atoms with Crippen molar-refractivity contribution in [1.29, 1.82) is 0 Å². The van der Waals surface area contributed by atoms with E-state index < -0.39 is 22.1 Å². The molecule has 2 rings (SSSR count). The van der Waals surface area contributed by atoms with E-state index in [0.717, 1.165) is 4.31 Å². The van der Waals surface area contributed by atoms with Crippen LogP contribution in [0.2, 0.25) is 0 Å². The van der Waals surface area contributed by atoms with Gasteiger partial charge < -0.3 is 10.5 Å². The molecule has 0 unspecified atom stereocenters. The molecule has 21 heavy (non-hydrogen) atoms. The number of esters is 1. The Hall–Kier alpha value is -2.13. The lowest BCUT2D eigenvalue weighted by Gasteiger charge is -2.13. The third-order valence-corrected chi connectivity index (χ3v) is 4.30. The van der Waals surface area contributed by atoms with Gasteiger partial charge in [0.15, 0.2) is 0 Å². The van der Waals surface area contributed by atoms with Crippen LogP contribution in [0.4, 0.5) is 5.69 Å². The summed E-state index contributed by atoms with van der Waals surface area (Å²) < 4.78 is 31.0. The van der Waals surface area contributed by atoms with Gasteiger partial charge in [-0.1, -0.05) is 6.07 Å². The van der Waals surface area contributed by atoms with Gasteiger partial charge in [-0.3, -0.25) is 4.79 Å². The number of nitrogens with zero attached hydrogens (tertiary/aromatic N) is 1. The first-order valence-electron chi connectivity index (χ1n) is 6.19. The first-order valence-corrected chi connectivity index (χ1v) is 7.63. The molecule has 1 fully saturated rings. The quantitative estimate of drug-likeness (QED) is 0.578. The lowest BCUT2D eigenvalue weighted by atomic mass is 10.1. The van der Waals surface area contributed by atoms with Crippen molar-refractivity contribution in [2.24, 2.45) is 0 Å². The Labute approximate surface area is 122 Å². The summed E-state index contributed by atoms with van der Waals surface area (Å²) in [6.07, 6.45) is 0. The number of nitrogens with one attached hydrogen (secondary N) is 1. The van der Waals surface area contributed by atoms with Gasteiger partial charge in [-0.25, -0.2) is 9.52 Å². The van der Waals surface area contributed by atoms with Crippen molar-refractivity contribution in [1.82, 2.24) is 9.03 Å². The summed E-state index contributed by atoms with van der Waals surface area (Å²) in [6, 6.07) is 4.56. The van der Waals surface area contributed by atoms with Gasteiger partial charge >= 0.3 is 16.2 Å². The van der Waals surface area contributed by atoms with Crippen molar-refractivity contribution >= 4 is 27.8 Å². The summed E-state index contributed by atoms with van der Waals surface area (Å²) in [7, 11) is -3.80. The van der Waals surface area contributed by atoms with Gasteiger partial charge in [-0.15, -0.1) is 0 Å². The van der Waals surface area contributed by atoms with Gasteiger partial charge in [0, 0.05) is 12.2 Å². The Morgan fingerprint density at radius 2 is 2.19 bits per heavy atom. The molecular formula is C12H15N3O5S. The van der Waals surface area contributed by atoms with Crippen LogP contribution in [0, 0.1) is 0 Å². The number of hydrogen-bond acceptors (Lipinski definition) is 6. The summed E-state index contributed by atoms with van der Waals surface area (Å²) in [5, 5.41) is 0. The Bertz CT molecular complexity index is 686. The zero-order valence-corrected chi connectivity index (χ0v) is 12.1. The van der Waals surface area contributed by atoms with Crippen molar-refractivity contribution < 1.29 is 22.7 Å². The van der Waals surface area contributed by atoms with E-state index in [4.69, 9.17) is 10.5 Å². The fourth-order valence-electron chi connectivity index (χ4n) is 1.92. The Kier molecular flexibility index (Phi) is 4.14. The van der Waals surface area contributed by atoms with Gasteiger partial charge in [0.1, 0.15) is 0 Å². The van der Waals surface area contributed by atoms with Crippen LogP contribution in [-0.4, -0.2) is 37.8 Å². The minimum absolute atomic E-state index is 0.0340. The maximum atomic E-state index is 11.7. The molecule has 0 aromatic heterocycles. The van der Waals surface area contributed by atoms with E-state index in [0.29, 0.717) is 5.56 Å². The highest BCUT2D eigenvalue weighted by atomic mass is 32.2. The summed E-state index contributed by atoms with van der Waals surface area (Å²) in [6.45, 7) is 1.60. The van der Waals surface area contributed by atoms with Crippen molar-refractivity contribution in [2.75, 3.05) is 18.9 Å². The number of hydrogen-bond donors (Lipinski definition) is 2. The molecule has 0 bridgehead atoms. The molecule has 114 valence electrons. The molecule has 1 amide bonds. The zero-order chi connectivity index (χ0) is 15.6. The van der Waals surface area contributed by atoms with Crippen LogP contribution in [0.1, 0.15) is 22.8 Å². The Balaban J connectivity index is 2.24. The number of amides is 1. The second kappa shape index (κ2) is 5.70. The van der Waals surface area contributed by atoms with Crippen molar-refractivity contribution in [3.63, 3.8) is 0 Å². The fraction of sp³-hybridized carbons (Fsp3) is 0.333. The predicted molar refractivity (Wildman–Crippen MR) is 74.3 cm³/mol. The van der Waals surface area contributed by atoms with Crippen molar-refractivity contribution in [3.8, 4) is 0 Å². The number of anilines is 1. The van der Waals surface area contributed by atoms with Crippen molar-refractivity contribution in [3.05, 3.63) is 29.3 Å². The predicted octanol–water partition coefficient (Wildman–Crippen LogP) is -0.378. The maximum absolute atomic E-state index is 11.7. The van der Waals surface area contributed by atoms with Crippen LogP contribution in [0.3, 0.4) is 0 Å². The second-order valence-electron chi connectivity index (χ2n) is 4.44. The van der Waals surface area contributed by atoms with Gasteiger partial charge in [-0.05, 0) is 24.6 Å². The monoisotopic (exact) mass is 313 g/mol. The van der Waals surface area contributed by atoms with Gasteiger partial charge in [0.2, 0.25) is 5.91 Å². The molecular weight excluding hydrogens is 298 g/mol. The normalized spacial score (nSPS) is 17.5. The summed E-state index contributed by atoms with van der Waals surface area (Å²) in [5.74, 6) is -1.16. The summed E-state index contributed by atoms with van der Waals surface area (Å²) in [4.78, 5) is 22.9. The van der Waals surface area contributed by atoms with Gasteiger partial charge in [0.25, 0.3) is 0 Å². The topological polar surface area (TPSA) is 119 Å². The van der Waals surface area contributed by atoms with Gasteiger partial charge in [-0.2, -0.15) is 12.7 Å². The lowest BCUT2D eigenvalue weighted by molar-refractivity contribution is -0.118. The second-order valence-corrected chi connectivity index (χ2v) is 6.11. The molecule has 3 N–H and O–H groups in total. The van der Waals surface area contributed by atoms with E-state index in [1.165, 1.54) is 12.1 Å². The Morgan fingerprint density at radius 1 is 1.48 bits per heavy atom. The fourth-order valence-corrected chi connectivity index (χ4v) is 3.01. The molecule has 1 aliphatic rings. The molecule has 0 aliphatic carbocycles. The van der Waals surface area contributed by atoms with Crippen molar-refractivity contribution in [2.45, 2.75) is 13.5 Å². The molecule has 1 aliphatic heterocycles. The van der Waals surface area contributed by atoms with E-state index in [1.54, 1.807) is 13.0 Å². The van der Waals surface area contributed by atoms with E-state index in [-0.39, 0.29) is 30.9 Å². The molecule has 1 aromatic rings. The average Bonchev–Trinajstić information content (AvgIpc) is 2.64. The molecule has 1 saturated heterocycles. The van der Waals surface area contributed by atoms with Crippen LogP contribution < -0.4 is 10.5 Å². The first kappa shape index (κ1) is 15.3. The highest BCUT2D eigenvalue weighted by molar-refractivity contribution is 7.88. The molecule has 8 nitrogen and oxygen atoms in total. The molecule has 0 radical (unpaired) electrons. The average molecular weight is 313 g/mol. The largest absolute Gasteiger partial charge is 0.462 e. The number of ether oxygens (including phenoxy) is 1. The van der Waals surface area contributed by atoms with Crippen LogP contribution in [0.15, 0.2) is 18.2 Å². The molecule has 9 heteroatoms. The third kappa shape index (κ3) is 3.31. The summed E-state index contributed by atoms with van der Waals surface area (Å²) in [5.41, 5.74) is 6.66. The number of carbonyl (C=O) groups is 2. The molecule has 0 atom stereocenters. The standard InChI is InChI=1S/C12H15N3O5S/c1-2-20-12(17)9-5-8(3-4-10(9)13)6-15-7-11(16)14-21(15,18)19/h3-5H,2,6-7,13H2,1H3,(H,14,16). The van der Waals surface area contributed by atoms with E-state index in [9.17, 15) is 18.0 Å². The van der Waals surface area contributed by atoms with E-state index >= 15 is 0 Å². The number of nitrogens with two attached hydrogens (primary N) is 1. The molecule has 1 aromatic carbocycles. The third-order valence-electron chi connectivity index (χ3n) is 2.87. The number of carbonyl (C=O) groups excluding carboxylic acids is 2. The van der Waals surface area contributed by atoms with Crippen LogP contribution in [0.25, 0.3) is 0 Å². The minimum atomic E-state index is -3.80. The van der Waals surface area contributed by atoms with Crippen LogP contribution >= 0.6 is 0 Å². The first-order chi connectivity index (χ1) is 9.83. The van der Waals surface area contributed by atoms with E-state index in [2.05, 4.69) is 0 Å². The van der Waals surface area contributed by atoms with E-state index in [1.807, 2.05) is 4.72 Å².